The molecule has 1 aliphatic carbocycles. The van der Waals surface area contributed by atoms with Gasteiger partial charge in [-0.2, -0.15) is 4.98 Å². The maximum atomic E-state index is 12.0. The molecule has 2 aliphatic rings. The smallest absolute Gasteiger partial charge is 0.280 e. The third kappa shape index (κ3) is 2.09. The van der Waals surface area contributed by atoms with Crippen LogP contribution in [-0.4, -0.2) is 35.9 Å². The molecule has 7 nitrogen and oxygen atoms in total. The number of nitrogens with two attached hydrogens (primary N) is 1. The Bertz CT molecular complexity index is 647. The number of fused-ring (bicyclic) bond motifs is 2. The molecule has 0 saturated carbocycles. The average molecular weight is 275 g/mol. The number of H-pyrrole nitrogens is 1. The third-order valence-corrected chi connectivity index (χ3v) is 3.46. The molecule has 0 spiro atoms. The van der Waals surface area contributed by atoms with Crippen molar-refractivity contribution in [3.05, 3.63) is 22.1 Å². The van der Waals surface area contributed by atoms with Gasteiger partial charge in [0.25, 0.3) is 5.56 Å². The van der Waals surface area contributed by atoms with E-state index >= 15 is 0 Å². The number of hydrogen-bond acceptors (Lipinski definition) is 6. The predicted octanol–water partition coefficient (Wildman–Crippen LogP) is 0.959. The van der Waals surface area contributed by atoms with Crippen LogP contribution in [0.25, 0.3) is 0 Å². The van der Waals surface area contributed by atoms with Crippen molar-refractivity contribution < 1.29 is 4.74 Å². The van der Waals surface area contributed by atoms with Crippen LogP contribution in [0.15, 0.2) is 21.6 Å². The number of nitrogens with one attached hydrogen (secondary N) is 1. The van der Waals surface area contributed by atoms with Gasteiger partial charge in [0.1, 0.15) is 0 Å². The summed E-state index contributed by atoms with van der Waals surface area (Å²) in [5.41, 5.74) is 7.66. The summed E-state index contributed by atoms with van der Waals surface area (Å²) in [7, 11) is 1.65. The minimum absolute atomic E-state index is 0.103. The van der Waals surface area contributed by atoms with Crippen LogP contribution in [0.3, 0.4) is 0 Å². The van der Waals surface area contributed by atoms with E-state index < -0.39 is 0 Å². The molecule has 0 amide bonds. The summed E-state index contributed by atoms with van der Waals surface area (Å²) in [6, 6.07) is 0. The first-order chi connectivity index (χ1) is 9.70. The number of aromatic nitrogens is 2. The fraction of sp³-hybridized carbons (Fsp3) is 0.462. The molecule has 0 radical (unpaired) electrons. The van der Waals surface area contributed by atoms with Gasteiger partial charge in [0.05, 0.1) is 18.0 Å². The van der Waals surface area contributed by atoms with Crippen molar-refractivity contribution in [3.8, 4) is 0 Å². The zero-order valence-corrected chi connectivity index (χ0v) is 11.3. The SMILES string of the molecule is COCCN1C2=CCCCC2=Nc2c1nc(N)[nH]c2=O. The van der Waals surface area contributed by atoms with Gasteiger partial charge in [-0.1, -0.05) is 6.08 Å². The molecule has 1 aromatic heterocycles. The highest BCUT2D eigenvalue weighted by Crippen LogP contribution is 2.34. The number of methoxy groups -OCH3 is 1. The third-order valence-electron chi connectivity index (χ3n) is 3.46. The van der Waals surface area contributed by atoms with Crippen molar-refractivity contribution in [1.82, 2.24) is 9.97 Å². The van der Waals surface area contributed by atoms with Crippen LogP contribution in [0, 0.1) is 0 Å². The summed E-state index contributed by atoms with van der Waals surface area (Å²) in [5.74, 6) is 0.617. The maximum absolute atomic E-state index is 12.0. The maximum Gasteiger partial charge on any atom is 0.280 e. The Balaban J connectivity index is 2.15. The molecular weight excluding hydrogens is 258 g/mol. The molecule has 20 heavy (non-hydrogen) atoms. The lowest BCUT2D eigenvalue weighted by Crippen LogP contribution is -2.36. The topological polar surface area (TPSA) is 96.6 Å². The zero-order valence-electron chi connectivity index (χ0n) is 11.3. The van der Waals surface area contributed by atoms with Gasteiger partial charge in [0.2, 0.25) is 5.95 Å². The summed E-state index contributed by atoms with van der Waals surface area (Å²) in [6.45, 7) is 1.16. The zero-order chi connectivity index (χ0) is 14.1. The van der Waals surface area contributed by atoms with E-state index in [1.54, 1.807) is 7.11 Å². The van der Waals surface area contributed by atoms with Crippen LogP contribution in [0.1, 0.15) is 19.3 Å². The number of ether oxygens (including phenoxy) is 1. The summed E-state index contributed by atoms with van der Waals surface area (Å²) >= 11 is 0. The van der Waals surface area contributed by atoms with Crippen LogP contribution in [0.2, 0.25) is 0 Å². The molecule has 0 atom stereocenters. The lowest BCUT2D eigenvalue weighted by Gasteiger charge is -2.33. The van der Waals surface area contributed by atoms with E-state index in [2.05, 4.69) is 21.0 Å². The molecule has 3 rings (SSSR count). The second kappa shape index (κ2) is 5.09. The van der Waals surface area contributed by atoms with E-state index in [0.29, 0.717) is 24.7 Å². The van der Waals surface area contributed by atoms with E-state index in [-0.39, 0.29) is 11.5 Å². The van der Waals surface area contributed by atoms with Crippen molar-refractivity contribution in [2.45, 2.75) is 19.3 Å². The van der Waals surface area contributed by atoms with Crippen LogP contribution in [-0.2, 0) is 4.74 Å². The number of aromatic amines is 1. The fourth-order valence-electron chi connectivity index (χ4n) is 2.55. The Morgan fingerprint density at radius 2 is 2.40 bits per heavy atom. The van der Waals surface area contributed by atoms with Gasteiger partial charge in [-0.05, 0) is 19.3 Å². The number of nitrogen functional groups attached to an aromatic ring is 1. The Morgan fingerprint density at radius 3 is 3.20 bits per heavy atom. The van der Waals surface area contributed by atoms with E-state index in [1.807, 2.05) is 4.90 Å². The fourth-order valence-corrected chi connectivity index (χ4v) is 2.55. The van der Waals surface area contributed by atoms with Gasteiger partial charge in [0.15, 0.2) is 11.5 Å². The molecule has 2 heterocycles. The Hall–Kier alpha value is -2.15. The number of aliphatic imine (C=N–C) groups is 1. The highest BCUT2D eigenvalue weighted by molar-refractivity contribution is 6.08. The van der Waals surface area contributed by atoms with Crippen molar-refractivity contribution >= 4 is 23.2 Å². The summed E-state index contributed by atoms with van der Waals surface area (Å²) < 4.78 is 5.15. The van der Waals surface area contributed by atoms with Gasteiger partial charge in [-0.3, -0.25) is 9.78 Å². The summed E-state index contributed by atoms with van der Waals surface area (Å²) in [5, 5.41) is 0. The van der Waals surface area contributed by atoms with Gasteiger partial charge < -0.3 is 15.4 Å². The Morgan fingerprint density at radius 1 is 1.55 bits per heavy atom. The van der Waals surface area contributed by atoms with E-state index in [4.69, 9.17) is 10.5 Å². The molecule has 3 N–H and O–H groups in total. The molecule has 1 aromatic rings. The normalized spacial score (nSPS) is 17.1. The largest absolute Gasteiger partial charge is 0.383 e. The monoisotopic (exact) mass is 275 g/mol. The Kier molecular flexibility index (Phi) is 3.27. The van der Waals surface area contributed by atoms with E-state index in [9.17, 15) is 4.79 Å². The molecule has 0 unspecified atom stereocenters. The molecule has 0 aromatic carbocycles. The van der Waals surface area contributed by atoms with Crippen LogP contribution in [0.5, 0.6) is 0 Å². The van der Waals surface area contributed by atoms with Gasteiger partial charge >= 0.3 is 0 Å². The molecule has 0 bridgehead atoms. The molecule has 1 aliphatic heterocycles. The highest BCUT2D eigenvalue weighted by atomic mass is 16.5. The number of hydrogen-bond donors (Lipinski definition) is 2. The molecule has 106 valence electrons. The molecule has 7 heteroatoms. The quantitative estimate of drug-likeness (QED) is 0.856. The molecular formula is C13H17N5O2. The predicted molar refractivity (Wildman–Crippen MR) is 77.5 cm³/mol. The first-order valence-corrected chi connectivity index (χ1v) is 6.65. The summed E-state index contributed by atoms with van der Waals surface area (Å²) in [6.07, 6.45) is 5.07. The average Bonchev–Trinajstić information content (AvgIpc) is 2.44. The first-order valence-electron chi connectivity index (χ1n) is 6.65. The second-order valence-corrected chi connectivity index (χ2v) is 4.81. The lowest BCUT2D eigenvalue weighted by molar-refractivity contribution is 0.206. The molecule has 0 saturated heterocycles. The highest BCUT2D eigenvalue weighted by Gasteiger charge is 2.29. The number of nitrogens with zero attached hydrogens (tertiary/aromatic N) is 3. The number of anilines is 2. The van der Waals surface area contributed by atoms with Crippen LogP contribution < -0.4 is 16.2 Å². The van der Waals surface area contributed by atoms with Crippen molar-refractivity contribution in [2.24, 2.45) is 4.99 Å². The van der Waals surface area contributed by atoms with E-state index in [0.717, 1.165) is 30.7 Å². The second-order valence-electron chi connectivity index (χ2n) is 4.81. The Labute approximate surface area is 116 Å². The molecule has 0 fully saturated rings. The van der Waals surface area contributed by atoms with Crippen molar-refractivity contribution in [3.63, 3.8) is 0 Å². The van der Waals surface area contributed by atoms with Gasteiger partial charge in [0, 0.05) is 13.7 Å². The van der Waals surface area contributed by atoms with Gasteiger partial charge in [-0.15, -0.1) is 0 Å². The standard InChI is InChI=1S/C13H17N5O2/c1-20-7-6-18-9-5-3-2-4-8(9)15-10-11(18)16-13(14)17-12(10)19/h5H,2-4,6-7H2,1H3,(H3,14,16,17,19). The van der Waals surface area contributed by atoms with E-state index in [1.165, 1.54) is 0 Å². The first kappa shape index (κ1) is 12.9. The lowest BCUT2D eigenvalue weighted by atomic mass is 9.99. The van der Waals surface area contributed by atoms with Crippen LogP contribution >= 0.6 is 0 Å². The number of rotatable bonds is 3. The summed E-state index contributed by atoms with van der Waals surface area (Å²) in [4.78, 5) is 25.2. The van der Waals surface area contributed by atoms with Crippen LogP contribution in [0.4, 0.5) is 17.5 Å². The van der Waals surface area contributed by atoms with Crippen molar-refractivity contribution in [2.75, 3.05) is 30.9 Å². The van der Waals surface area contributed by atoms with Crippen molar-refractivity contribution in [1.29, 1.82) is 0 Å². The van der Waals surface area contributed by atoms with Gasteiger partial charge in [-0.25, -0.2) is 4.99 Å². The minimum Gasteiger partial charge on any atom is -0.383 e. The number of allylic oxidation sites excluding steroid dienone is 2. The minimum atomic E-state index is -0.299.